The van der Waals surface area contributed by atoms with E-state index in [1.54, 1.807) is 18.2 Å². The molecule has 0 amide bonds. The van der Waals surface area contributed by atoms with E-state index in [1.165, 1.54) is 7.11 Å². The van der Waals surface area contributed by atoms with Gasteiger partial charge < -0.3 is 14.9 Å². The van der Waals surface area contributed by atoms with Crippen LogP contribution in [0.25, 0.3) is 0 Å². The number of hydrogen-bond donors (Lipinski definition) is 2. The normalized spacial score (nSPS) is 13.5. The van der Waals surface area contributed by atoms with Crippen molar-refractivity contribution in [2.75, 3.05) is 7.11 Å². The molecule has 28 heavy (non-hydrogen) atoms. The second-order valence-corrected chi connectivity index (χ2v) is 8.39. The summed E-state index contributed by atoms with van der Waals surface area (Å²) in [6.07, 6.45) is 4.41. The number of ether oxygens (including phenoxy) is 1. The number of benzene rings is 1. The molecule has 1 aromatic rings. The topological polar surface area (TPSA) is 83.8 Å². The SMILES string of the molecule is COc1cccc(C(CCCC(C)C)C(=O)O)c1C(CCCC(C)C)C(=O)O. The minimum atomic E-state index is -0.930. The van der Waals surface area contributed by atoms with Gasteiger partial charge in [-0.3, -0.25) is 9.59 Å². The van der Waals surface area contributed by atoms with Gasteiger partial charge in [0.15, 0.2) is 0 Å². The van der Waals surface area contributed by atoms with Gasteiger partial charge in [0.25, 0.3) is 0 Å². The van der Waals surface area contributed by atoms with Crippen LogP contribution < -0.4 is 4.74 Å². The van der Waals surface area contributed by atoms with Gasteiger partial charge in [-0.2, -0.15) is 0 Å². The molecule has 0 aliphatic heterocycles. The molecule has 0 spiro atoms. The zero-order valence-electron chi connectivity index (χ0n) is 17.9. The van der Waals surface area contributed by atoms with Crippen LogP contribution in [-0.2, 0) is 9.59 Å². The molecule has 0 radical (unpaired) electrons. The highest BCUT2D eigenvalue weighted by Crippen LogP contribution is 2.39. The number of carboxylic acid groups (broad SMARTS) is 2. The molecule has 2 unspecified atom stereocenters. The molecular weight excluding hydrogens is 356 g/mol. The van der Waals surface area contributed by atoms with Crippen molar-refractivity contribution in [2.24, 2.45) is 11.8 Å². The van der Waals surface area contributed by atoms with Crippen LogP contribution >= 0.6 is 0 Å². The zero-order chi connectivity index (χ0) is 21.3. The maximum Gasteiger partial charge on any atom is 0.311 e. The van der Waals surface area contributed by atoms with Gasteiger partial charge in [-0.05, 0) is 36.3 Å². The molecule has 1 aromatic carbocycles. The van der Waals surface area contributed by atoms with Gasteiger partial charge in [0.1, 0.15) is 5.75 Å². The zero-order valence-corrected chi connectivity index (χ0v) is 17.9. The van der Waals surface area contributed by atoms with Crippen LogP contribution in [0.1, 0.15) is 89.2 Å². The molecule has 0 heterocycles. The first-order chi connectivity index (χ1) is 13.2. The monoisotopic (exact) mass is 392 g/mol. The van der Waals surface area contributed by atoms with E-state index in [0.29, 0.717) is 41.6 Å². The van der Waals surface area contributed by atoms with E-state index in [2.05, 4.69) is 27.7 Å². The molecule has 1 rings (SSSR count). The van der Waals surface area contributed by atoms with Crippen molar-refractivity contribution in [3.63, 3.8) is 0 Å². The molecule has 0 fully saturated rings. The number of rotatable bonds is 13. The third-order valence-electron chi connectivity index (χ3n) is 5.19. The van der Waals surface area contributed by atoms with Gasteiger partial charge in [-0.25, -0.2) is 0 Å². The second-order valence-electron chi connectivity index (χ2n) is 8.39. The summed E-state index contributed by atoms with van der Waals surface area (Å²) in [5.74, 6) is -1.88. The minimum Gasteiger partial charge on any atom is -0.496 e. The van der Waals surface area contributed by atoms with Gasteiger partial charge in [-0.1, -0.05) is 65.5 Å². The van der Waals surface area contributed by atoms with Crippen molar-refractivity contribution in [3.05, 3.63) is 29.3 Å². The molecule has 0 bridgehead atoms. The average molecular weight is 393 g/mol. The maximum absolute atomic E-state index is 12.1. The third-order valence-corrected chi connectivity index (χ3v) is 5.19. The number of aliphatic carboxylic acids is 2. The van der Waals surface area contributed by atoms with E-state index in [1.807, 2.05) is 0 Å². The second kappa shape index (κ2) is 11.7. The van der Waals surface area contributed by atoms with Gasteiger partial charge in [0, 0.05) is 5.56 Å². The molecule has 5 heteroatoms. The molecule has 158 valence electrons. The van der Waals surface area contributed by atoms with Gasteiger partial charge in [0.2, 0.25) is 0 Å². The molecule has 0 aliphatic carbocycles. The van der Waals surface area contributed by atoms with E-state index in [9.17, 15) is 19.8 Å². The van der Waals surface area contributed by atoms with Crippen LogP contribution in [0, 0.1) is 11.8 Å². The third kappa shape index (κ3) is 7.17. The average Bonchev–Trinajstić information content (AvgIpc) is 2.61. The van der Waals surface area contributed by atoms with Crippen molar-refractivity contribution in [2.45, 2.75) is 78.1 Å². The van der Waals surface area contributed by atoms with Crippen LogP contribution in [0.5, 0.6) is 5.75 Å². The van der Waals surface area contributed by atoms with Crippen molar-refractivity contribution in [1.29, 1.82) is 0 Å². The maximum atomic E-state index is 12.1. The van der Waals surface area contributed by atoms with Crippen LogP contribution in [0.4, 0.5) is 0 Å². The molecule has 0 saturated carbocycles. The summed E-state index contributed by atoms with van der Waals surface area (Å²) in [4.78, 5) is 24.1. The molecule has 2 atom stereocenters. The van der Waals surface area contributed by atoms with Gasteiger partial charge >= 0.3 is 11.9 Å². The first-order valence-corrected chi connectivity index (χ1v) is 10.3. The van der Waals surface area contributed by atoms with Crippen molar-refractivity contribution >= 4 is 11.9 Å². The van der Waals surface area contributed by atoms with Crippen LogP contribution in [0.2, 0.25) is 0 Å². The number of hydrogen-bond acceptors (Lipinski definition) is 3. The highest BCUT2D eigenvalue weighted by molar-refractivity contribution is 5.82. The number of carbonyl (C=O) groups is 2. The van der Waals surface area contributed by atoms with Crippen LogP contribution in [0.3, 0.4) is 0 Å². The summed E-state index contributed by atoms with van der Waals surface area (Å²) >= 11 is 0. The fraction of sp³-hybridized carbons (Fsp3) is 0.652. The Bertz CT molecular complexity index is 636. The quantitative estimate of drug-likeness (QED) is 0.451. The lowest BCUT2D eigenvalue weighted by Gasteiger charge is -2.24. The Morgan fingerprint density at radius 3 is 1.79 bits per heavy atom. The fourth-order valence-corrected chi connectivity index (χ4v) is 3.68. The molecule has 5 nitrogen and oxygen atoms in total. The fourth-order valence-electron chi connectivity index (χ4n) is 3.68. The Kier molecular flexibility index (Phi) is 10.0. The highest BCUT2D eigenvalue weighted by atomic mass is 16.5. The summed E-state index contributed by atoms with van der Waals surface area (Å²) in [6, 6.07) is 5.23. The van der Waals surface area contributed by atoms with E-state index in [0.717, 1.165) is 25.7 Å². The minimum absolute atomic E-state index is 0.463. The lowest BCUT2D eigenvalue weighted by atomic mass is 9.82. The van der Waals surface area contributed by atoms with E-state index >= 15 is 0 Å². The Labute approximate surface area is 169 Å². The molecule has 0 aromatic heterocycles. The van der Waals surface area contributed by atoms with Gasteiger partial charge in [0.05, 0.1) is 18.9 Å². The number of methoxy groups -OCH3 is 1. The molecule has 0 aliphatic rings. The Balaban J connectivity index is 3.29. The largest absolute Gasteiger partial charge is 0.496 e. The standard InChI is InChI=1S/C23H36O5/c1-15(2)9-6-12-18(22(24)25)17-11-8-14-20(28-5)21(17)19(23(26)27)13-7-10-16(3)4/h8,11,14-16,18-19H,6-7,9-10,12-13H2,1-5H3,(H,24,25)(H,26,27). The van der Waals surface area contributed by atoms with Crippen LogP contribution in [0.15, 0.2) is 18.2 Å². The smallest absolute Gasteiger partial charge is 0.311 e. The first-order valence-electron chi connectivity index (χ1n) is 10.3. The van der Waals surface area contributed by atoms with E-state index in [4.69, 9.17) is 4.74 Å². The predicted octanol–water partition coefficient (Wildman–Crippen LogP) is 5.68. The van der Waals surface area contributed by atoms with E-state index < -0.39 is 23.8 Å². The summed E-state index contributed by atoms with van der Waals surface area (Å²) in [5.41, 5.74) is 1.10. The summed E-state index contributed by atoms with van der Waals surface area (Å²) in [5, 5.41) is 19.8. The summed E-state index contributed by atoms with van der Waals surface area (Å²) in [6.45, 7) is 8.45. The van der Waals surface area contributed by atoms with Gasteiger partial charge in [-0.15, -0.1) is 0 Å². The van der Waals surface area contributed by atoms with Crippen molar-refractivity contribution < 1.29 is 24.5 Å². The Morgan fingerprint density at radius 2 is 1.36 bits per heavy atom. The first kappa shape index (κ1) is 24.0. The lowest BCUT2D eigenvalue weighted by molar-refractivity contribution is -0.140. The lowest BCUT2D eigenvalue weighted by Crippen LogP contribution is -2.20. The highest BCUT2D eigenvalue weighted by Gasteiger charge is 2.31. The summed E-state index contributed by atoms with van der Waals surface area (Å²) < 4.78 is 5.46. The van der Waals surface area contributed by atoms with Crippen molar-refractivity contribution in [3.8, 4) is 5.75 Å². The molecular formula is C23H36O5. The molecule has 0 saturated heterocycles. The number of carboxylic acids is 2. The van der Waals surface area contributed by atoms with E-state index in [-0.39, 0.29) is 0 Å². The predicted molar refractivity (Wildman–Crippen MR) is 111 cm³/mol. The van der Waals surface area contributed by atoms with Crippen molar-refractivity contribution in [1.82, 2.24) is 0 Å². The Morgan fingerprint density at radius 1 is 0.857 bits per heavy atom. The molecule has 2 N–H and O–H groups in total. The summed E-state index contributed by atoms with van der Waals surface area (Å²) in [7, 11) is 1.50. The Hall–Kier alpha value is -2.04. The van der Waals surface area contributed by atoms with Crippen LogP contribution in [-0.4, -0.2) is 29.3 Å².